The molecule has 39 nitrogen and oxygen atoms in total. The van der Waals surface area contributed by atoms with Gasteiger partial charge >= 0.3 is 5.69 Å². The number of nitrogens with zero attached hydrogens (tertiary/aromatic N) is 2. The first-order chi connectivity index (χ1) is 59.4. The third kappa shape index (κ3) is 21.3. The predicted octanol–water partition coefficient (Wildman–Crippen LogP) is 1.86. The number of amides is 9. The largest absolute Gasteiger partial charge is 0.508 e. The molecular weight excluding hydrogens is 1700 g/mol. The number of aliphatic hydroxyl groups is 6. The maximum absolute atomic E-state index is 16.3. The highest BCUT2D eigenvalue weighted by Crippen LogP contribution is 2.50. The van der Waals surface area contributed by atoms with Crippen LogP contribution in [0.3, 0.4) is 0 Å². The van der Waals surface area contributed by atoms with E-state index in [9.17, 15) is 69.9 Å². The van der Waals surface area contributed by atoms with Gasteiger partial charge in [-0.05, 0) is 145 Å². The lowest BCUT2D eigenvalue weighted by molar-refractivity contribution is -0.334. The second-order valence-corrected chi connectivity index (χ2v) is 32.1. The molecule has 1 aromatic heterocycles. The van der Waals surface area contributed by atoms with Crippen molar-refractivity contribution < 1.29 is 118 Å². The molecule has 7 aromatic rings. The molecule has 666 valence electrons. The number of hydrogen-bond acceptors (Lipinski definition) is 29. The Morgan fingerprint density at radius 3 is 2.01 bits per heavy atom. The molecule has 7 aliphatic heterocycles. The molecule has 6 aromatic carbocycles. The van der Waals surface area contributed by atoms with Crippen LogP contribution in [0.1, 0.15) is 118 Å². The Labute approximate surface area is 727 Å². The Bertz CT molecular complexity index is 5360. The Morgan fingerprint density at radius 2 is 1.38 bits per heavy atom. The molecule has 18 atom stereocenters. The smallest absolute Gasteiger partial charge is 0.349 e. The van der Waals surface area contributed by atoms with E-state index in [2.05, 4.69) is 63.7 Å². The van der Waals surface area contributed by atoms with Crippen LogP contribution in [0.2, 0.25) is 15.1 Å². The number of carbonyl (C=O) groups excluding carboxylic acids is 9. The van der Waals surface area contributed by atoms with Crippen molar-refractivity contribution in [2.45, 2.75) is 170 Å². The highest BCUT2D eigenvalue weighted by atomic mass is 35.5. The molecule has 0 saturated carbocycles. The average Bonchev–Trinajstić information content (AvgIpc) is 0.769. The topological polar surface area (TPSA) is 584 Å². The van der Waals surface area contributed by atoms with Crippen molar-refractivity contribution >= 4 is 99.9 Å². The lowest BCUT2D eigenvalue weighted by atomic mass is 9.85. The zero-order chi connectivity index (χ0) is 90.3. The van der Waals surface area contributed by atoms with Crippen molar-refractivity contribution in [1.29, 1.82) is 0 Å². The fraction of sp³-hybridized carbons (Fsp3) is 0.386. The number of rotatable bonds is 22. The van der Waals surface area contributed by atoms with Crippen molar-refractivity contribution in [2.75, 3.05) is 32.1 Å². The molecule has 0 spiro atoms. The van der Waals surface area contributed by atoms with E-state index in [1.807, 2.05) is 13.8 Å². The summed E-state index contributed by atoms with van der Waals surface area (Å²) in [6.07, 6.45) is -15.3. The molecule has 2 saturated heterocycles. The molecule has 11 bridgehead atoms. The van der Waals surface area contributed by atoms with Gasteiger partial charge in [0.05, 0.1) is 41.3 Å². The summed E-state index contributed by atoms with van der Waals surface area (Å²) in [5.74, 6) is -15.8. The van der Waals surface area contributed by atoms with Crippen LogP contribution in [0.4, 0.5) is 5.82 Å². The van der Waals surface area contributed by atoms with Crippen molar-refractivity contribution in [2.24, 2.45) is 11.7 Å². The first-order valence-corrected chi connectivity index (χ1v) is 40.6. The van der Waals surface area contributed by atoms with Crippen molar-refractivity contribution in [3.8, 4) is 57.1 Å². The summed E-state index contributed by atoms with van der Waals surface area (Å²) in [5, 5.41) is 130. The summed E-state index contributed by atoms with van der Waals surface area (Å²) >= 11 is 20.4. The molecule has 125 heavy (non-hydrogen) atoms. The van der Waals surface area contributed by atoms with E-state index in [1.165, 1.54) is 61.2 Å². The molecule has 42 heteroatoms. The predicted molar refractivity (Wildman–Crippen MR) is 445 cm³/mol. The molecule has 0 radical (unpaired) electrons. The second-order valence-electron chi connectivity index (χ2n) is 30.9. The third-order valence-corrected chi connectivity index (χ3v) is 22.3. The number of hydrogen-bond donors (Lipinski definition) is 21. The number of fused-ring (bicyclic) bond motifs is 15. The number of nitrogens with two attached hydrogens (primary N) is 1. The van der Waals surface area contributed by atoms with E-state index in [4.69, 9.17) is 69.0 Å². The van der Waals surface area contributed by atoms with Gasteiger partial charge < -0.3 is 128 Å². The number of carbonyl (C=O) groups is 9. The number of benzene rings is 6. The standard InChI is InChI=1S/C83H93Cl3N14O25/c1-7-90-99-80(118)64-45-30-43(102)31-51(104)61(45)44-25-38(11-16-50(44)103)62-76(114)98-66(79(117)96-64)68(108)40-13-18-53(47(86)27-40)122-55-29-41-28-54(121-52-17-12-39(26-46(52)85)67(107)65(97-74(112)48(88-6)24-35(2)3)78(116)91-49(32-57(87)105)75(113)94-63(41)77(115)95-62)71(55)125-81-72(70(110)69(109)56(34-101)123-81)124-60-33-83(5,73(111)36(4)120-60)89-21-23-100-22-20-58(93-82(100)119)92-59(106)19-10-37-8-14-42(84)15-9-37/h8-20,22,25-31,35-36,48-49,56,60,62-70,72-73,81,88-90,101-104,107-111H,7,21,23-24,32-34H2,1-6H3,(H2,87,105)(H,91,116)(H,94,113)(H,95,115)(H,96,117)(H,97,112)(H,98,114)(H,99,118)(H,92,93,106,119)/b19-10+/t36?,48?,49?,56?,60?,62?,63?,64-,65?,66?,67?,68?,69?,70?,72?,73?,81?,83-/m1/s1. The molecule has 7 aliphatic rings. The van der Waals surface area contributed by atoms with Gasteiger partial charge in [0.25, 0.3) is 5.91 Å². The average molecular weight is 1790 g/mol. The minimum absolute atomic E-state index is 0.0314. The Morgan fingerprint density at radius 1 is 0.728 bits per heavy atom. The van der Waals surface area contributed by atoms with Crippen LogP contribution >= 0.6 is 34.8 Å². The summed E-state index contributed by atoms with van der Waals surface area (Å²) in [4.78, 5) is 150. The minimum atomic E-state index is -2.38. The maximum Gasteiger partial charge on any atom is 0.349 e. The van der Waals surface area contributed by atoms with Gasteiger partial charge in [-0.25, -0.2) is 10.2 Å². The summed E-state index contributed by atoms with van der Waals surface area (Å²) in [6.45, 7) is 7.34. The molecule has 2 fully saturated rings. The minimum Gasteiger partial charge on any atom is -0.508 e. The molecule has 0 aliphatic carbocycles. The number of phenolic OH excluding ortho intramolecular Hbond substituents is 3. The normalized spacial score (nSPS) is 26.0. The Hall–Kier alpha value is -11.6. The highest BCUT2D eigenvalue weighted by Gasteiger charge is 2.52. The number of anilines is 1. The van der Waals surface area contributed by atoms with Crippen molar-refractivity contribution in [3.05, 3.63) is 180 Å². The van der Waals surface area contributed by atoms with Crippen molar-refractivity contribution in [3.63, 3.8) is 0 Å². The van der Waals surface area contributed by atoms with Crippen LogP contribution < -0.4 is 84.3 Å². The van der Waals surface area contributed by atoms with E-state index >= 15 is 24.0 Å². The molecular formula is C83H93Cl3N14O25. The lowest BCUT2D eigenvalue weighted by Crippen LogP contribution is -2.65. The number of hydrazine groups is 1. The van der Waals surface area contributed by atoms with Gasteiger partial charge in [-0.3, -0.25) is 53.1 Å². The first kappa shape index (κ1) is 92.5. The number of primary amides is 1. The van der Waals surface area contributed by atoms with Crippen LogP contribution in [0.25, 0.3) is 17.2 Å². The van der Waals surface area contributed by atoms with E-state index in [1.54, 1.807) is 38.1 Å². The molecule has 16 unspecified atom stereocenters. The number of halogens is 3. The SMILES string of the molecule is CCNNC(=O)[C@@H]1NC(=O)C2NC(=O)C(NC(=O)C3NC(=O)C(CC(N)=O)NC(=O)C(NC(=O)C(CC(C)C)NC)C(O)c4ccc(c(Cl)c4)Oc4cc3cc(c4OC3OC(CO)C(O)C(O)C3OC3C[C@@](C)(NCCn4ccc(NC(=O)/C=C/c5ccc(Cl)cc5)nc4=O)C(O)C(C)O3)Oc3ccc(cc3Cl)C2O)c2ccc(O)c(c2)-c2c(O)cc(O)cc21. The van der Waals surface area contributed by atoms with Crippen LogP contribution in [0.5, 0.6) is 46.0 Å². The van der Waals surface area contributed by atoms with Gasteiger partial charge in [0.1, 0.15) is 101 Å². The maximum atomic E-state index is 16.3. The highest BCUT2D eigenvalue weighted by molar-refractivity contribution is 6.32. The number of phenols is 3. The lowest BCUT2D eigenvalue weighted by Gasteiger charge is -2.48. The van der Waals surface area contributed by atoms with E-state index in [-0.39, 0.29) is 71.7 Å². The molecule has 9 amide bonds. The molecule has 22 N–H and O–H groups in total. The quantitative estimate of drug-likeness (QED) is 0.0340. The number of aliphatic hydroxyl groups excluding tert-OH is 6. The Balaban J connectivity index is 0.997. The summed E-state index contributed by atoms with van der Waals surface area (Å²) in [5.41, 5.74) is 6.81. The molecule has 8 heterocycles. The second kappa shape index (κ2) is 39.7. The van der Waals surface area contributed by atoms with Gasteiger partial charge in [0, 0.05) is 66.1 Å². The van der Waals surface area contributed by atoms with Crippen molar-refractivity contribution in [1.82, 2.24) is 62.9 Å². The van der Waals surface area contributed by atoms with Crippen LogP contribution in [-0.4, -0.2) is 214 Å². The van der Waals surface area contributed by atoms with Crippen LogP contribution in [0.15, 0.2) is 126 Å². The first-order valence-electron chi connectivity index (χ1n) is 39.5. The summed E-state index contributed by atoms with van der Waals surface area (Å²) in [7, 11) is 1.47. The van der Waals surface area contributed by atoms with Gasteiger partial charge in [0.2, 0.25) is 59.3 Å². The zero-order valence-electron chi connectivity index (χ0n) is 67.6. The third-order valence-electron chi connectivity index (χ3n) is 21.4. The van der Waals surface area contributed by atoms with E-state index in [0.717, 1.165) is 60.7 Å². The fourth-order valence-electron chi connectivity index (χ4n) is 14.9. The van der Waals surface area contributed by atoms with E-state index in [0.29, 0.717) is 10.6 Å². The fourth-order valence-corrected chi connectivity index (χ4v) is 15.5. The van der Waals surface area contributed by atoms with Gasteiger partial charge in [-0.15, -0.1) is 0 Å². The number of aromatic nitrogens is 2. The van der Waals surface area contributed by atoms with Gasteiger partial charge in [-0.1, -0.05) is 85.9 Å². The number of nitrogens with one attached hydrogen (secondary N) is 11. The van der Waals surface area contributed by atoms with Crippen LogP contribution in [-0.2, 0) is 63.9 Å². The number of likely N-dealkylation sites (N-methyl/N-ethyl adjacent to an activating group) is 1. The monoisotopic (exact) mass is 1790 g/mol. The zero-order valence-corrected chi connectivity index (χ0v) is 69.9. The molecule has 14 rings (SSSR count). The number of aromatic hydroxyl groups is 3. The summed E-state index contributed by atoms with van der Waals surface area (Å²) in [6, 6.07) is 7.96. The van der Waals surface area contributed by atoms with E-state index < -0.39 is 249 Å². The van der Waals surface area contributed by atoms with Gasteiger partial charge in [0.15, 0.2) is 23.9 Å². The Kier molecular flexibility index (Phi) is 29.4. The van der Waals surface area contributed by atoms with Gasteiger partial charge in [-0.2, -0.15) is 4.98 Å². The van der Waals surface area contributed by atoms with Crippen LogP contribution in [0, 0.1) is 5.92 Å². The summed E-state index contributed by atoms with van der Waals surface area (Å²) < 4.78 is 40.7. The number of ether oxygens (including phenoxy) is 6.